The van der Waals surface area contributed by atoms with Crippen LogP contribution in [0.2, 0.25) is 0 Å². The highest BCUT2D eigenvalue weighted by Crippen LogP contribution is 2.36. The van der Waals surface area contributed by atoms with E-state index in [2.05, 4.69) is 30.0 Å². The second-order valence-electron chi connectivity index (χ2n) is 5.88. The third kappa shape index (κ3) is 2.90. The van der Waals surface area contributed by atoms with E-state index in [0.29, 0.717) is 6.04 Å². The second kappa shape index (κ2) is 6.59. The van der Waals surface area contributed by atoms with Gasteiger partial charge in [-0.2, -0.15) is 0 Å². The number of hydrogen-bond acceptors (Lipinski definition) is 2. The molecule has 0 aromatic carbocycles. The average molecular weight is 248 g/mol. The van der Waals surface area contributed by atoms with E-state index in [1.165, 1.54) is 38.5 Å². The van der Waals surface area contributed by atoms with Crippen LogP contribution in [0, 0.1) is 12.3 Å². The van der Waals surface area contributed by atoms with E-state index in [9.17, 15) is 0 Å². The number of nitrogens with one attached hydrogen (secondary N) is 1. The monoisotopic (exact) mass is 248 g/mol. The molecule has 3 atom stereocenters. The summed E-state index contributed by atoms with van der Waals surface area (Å²) in [5.41, 5.74) is 0. The molecule has 2 saturated heterocycles. The van der Waals surface area contributed by atoms with Gasteiger partial charge in [0.15, 0.2) is 0 Å². The summed E-state index contributed by atoms with van der Waals surface area (Å²) in [6, 6.07) is 2.91. The number of piperidine rings is 2. The van der Waals surface area contributed by atoms with Crippen molar-refractivity contribution in [3.63, 3.8) is 0 Å². The molecule has 0 aliphatic carbocycles. The number of terminal acetylenes is 1. The highest BCUT2D eigenvalue weighted by atomic mass is 15.2. The van der Waals surface area contributed by atoms with Gasteiger partial charge in [-0.05, 0) is 38.6 Å². The van der Waals surface area contributed by atoms with Crippen molar-refractivity contribution in [2.75, 3.05) is 6.54 Å². The van der Waals surface area contributed by atoms with Crippen molar-refractivity contribution < 1.29 is 0 Å². The van der Waals surface area contributed by atoms with E-state index < -0.39 is 0 Å². The van der Waals surface area contributed by atoms with Gasteiger partial charge >= 0.3 is 0 Å². The normalized spacial score (nSPS) is 33.9. The first-order chi connectivity index (χ1) is 8.80. The lowest BCUT2D eigenvalue weighted by Gasteiger charge is -2.52. The summed E-state index contributed by atoms with van der Waals surface area (Å²) < 4.78 is 0. The number of rotatable bonds is 5. The number of fused-ring (bicyclic) bond motifs is 2. The molecule has 0 aromatic rings. The molecule has 2 nitrogen and oxygen atoms in total. The van der Waals surface area contributed by atoms with Crippen LogP contribution in [-0.2, 0) is 0 Å². The van der Waals surface area contributed by atoms with E-state index in [-0.39, 0.29) is 0 Å². The Morgan fingerprint density at radius 3 is 2.44 bits per heavy atom. The summed E-state index contributed by atoms with van der Waals surface area (Å²) in [6.07, 6.45) is 14.5. The van der Waals surface area contributed by atoms with Crippen molar-refractivity contribution in [1.82, 2.24) is 10.2 Å². The van der Waals surface area contributed by atoms with Crippen molar-refractivity contribution in [2.24, 2.45) is 0 Å². The standard InChI is InChI=1S/C16H28N2/c1-4-8-14(5-2)18-15-9-7-10-16(18)12-13(11-15)17-6-3/h1,13-17H,5-12H2,2-3H3. The fraction of sp³-hybridized carbons (Fsp3) is 0.875. The molecule has 2 heterocycles. The third-order valence-electron chi connectivity index (χ3n) is 4.77. The predicted molar refractivity (Wildman–Crippen MR) is 77.5 cm³/mol. The Morgan fingerprint density at radius 2 is 1.94 bits per heavy atom. The van der Waals surface area contributed by atoms with Crippen LogP contribution in [-0.4, -0.2) is 35.6 Å². The summed E-state index contributed by atoms with van der Waals surface area (Å²) in [7, 11) is 0. The third-order valence-corrected chi connectivity index (χ3v) is 4.77. The minimum absolute atomic E-state index is 0.618. The Labute approximate surface area is 113 Å². The Bertz CT molecular complexity index is 280. The van der Waals surface area contributed by atoms with E-state index in [1.54, 1.807) is 0 Å². The lowest BCUT2D eigenvalue weighted by atomic mass is 9.80. The Kier molecular flexibility index (Phi) is 5.09. The summed E-state index contributed by atoms with van der Waals surface area (Å²) in [5, 5.41) is 3.66. The van der Waals surface area contributed by atoms with Crippen LogP contribution in [0.5, 0.6) is 0 Å². The van der Waals surface area contributed by atoms with Gasteiger partial charge in [0.2, 0.25) is 0 Å². The largest absolute Gasteiger partial charge is 0.314 e. The summed E-state index contributed by atoms with van der Waals surface area (Å²) in [4.78, 5) is 2.79. The molecule has 2 fully saturated rings. The van der Waals surface area contributed by atoms with Crippen LogP contribution in [0.15, 0.2) is 0 Å². The topological polar surface area (TPSA) is 15.3 Å². The summed E-state index contributed by atoms with van der Waals surface area (Å²) >= 11 is 0. The highest BCUT2D eigenvalue weighted by molar-refractivity contribution is 5.00. The van der Waals surface area contributed by atoms with Crippen LogP contribution >= 0.6 is 0 Å². The second-order valence-corrected chi connectivity index (χ2v) is 5.88. The maximum absolute atomic E-state index is 5.55. The zero-order valence-electron chi connectivity index (χ0n) is 12.0. The van der Waals surface area contributed by atoms with Crippen molar-refractivity contribution in [3.8, 4) is 12.3 Å². The maximum atomic E-state index is 5.55. The van der Waals surface area contributed by atoms with Gasteiger partial charge < -0.3 is 5.32 Å². The molecule has 2 bridgehead atoms. The van der Waals surface area contributed by atoms with Crippen LogP contribution in [0.25, 0.3) is 0 Å². The molecular formula is C16H28N2. The molecule has 0 radical (unpaired) electrons. The summed E-state index contributed by atoms with van der Waals surface area (Å²) in [6.45, 7) is 5.61. The van der Waals surface area contributed by atoms with E-state index in [4.69, 9.17) is 6.42 Å². The predicted octanol–water partition coefficient (Wildman–Crippen LogP) is 2.78. The van der Waals surface area contributed by atoms with Gasteiger partial charge in [-0.3, -0.25) is 4.90 Å². The molecule has 102 valence electrons. The summed E-state index contributed by atoms with van der Waals surface area (Å²) in [5.74, 6) is 2.88. The van der Waals surface area contributed by atoms with Crippen LogP contribution in [0.4, 0.5) is 0 Å². The first kappa shape index (κ1) is 13.9. The Hall–Kier alpha value is -0.520. The lowest BCUT2D eigenvalue weighted by Crippen LogP contribution is -2.59. The van der Waals surface area contributed by atoms with Crippen molar-refractivity contribution >= 4 is 0 Å². The van der Waals surface area contributed by atoms with Crippen molar-refractivity contribution in [1.29, 1.82) is 0 Å². The van der Waals surface area contributed by atoms with Gasteiger partial charge in [-0.15, -0.1) is 12.3 Å². The molecule has 0 amide bonds. The first-order valence-corrected chi connectivity index (χ1v) is 7.74. The molecule has 2 heteroatoms. The van der Waals surface area contributed by atoms with E-state index in [0.717, 1.165) is 31.1 Å². The molecule has 2 aliphatic heterocycles. The van der Waals surface area contributed by atoms with Gasteiger partial charge in [0.25, 0.3) is 0 Å². The smallest absolute Gasteiger partial charge is 0.0243 e. The molecule has 2 rings (SSSR count). The highest BCUT2D eigenvalue weighted by Gasteiger charge is 2.40. The zero-order valence-corrected chi connectivity index (χ0v) is 12.0. The molecule has 0 aromatic heterocycles. The minimum Gasteiger partial charge on any atom is -0.314 e. The molecular weight excluding hydrogens is 220 g/mol. The zero-order chi connectivity index (χ0) is 13.0. The Morgan fingerprint density at radius 1 is 1.28 bits per heavy atom. The van der Waals surface area contributed by atoms with Gasteiger partial charge in [-0.1, -0.05) is 20.3 Å². The van der Waals surface area contributed by atoms with E-state index in [1.807, 2.05) is 0 Å². The SMILES string of the molecule is C#CCC(CC)N1C2CCCC1CC(NCC)C2. The fourth-order valence-corrected chi connectivity index (χ4v) is 4.07. The minimum atomic E-state index is 0.618. The molecule has 1 N–H and O–H groups in total. The molecule has 3 unspecified atom stereocenters. The van der Waals surface area contributed by atoms with Gasteiger partial charge in [0, 0.05) is 30.6 Å². The molecule has 0 spiro atoms. The lowest BCUT2D eigenvalue weighted by molar-refractivity contribution is -0.0103. The maximum Gasteiger partial charge on any atom is 0.0243 e. The van der Waals surface area contributed by atoms with Gasteiger partial charge in [0.1, 0.15) is 0 Å². The number of hydrogen-bond donors (Lipinski definition) is 1. The van der Waals surface area contributed by atoms with Crippen molar-refractivity contribution in [3.05, 3.63) is 0 Å². The number of nitrogens with zero attached hydrogens (tertiary/aromatic N) is 1. The van der Waals surface area contributed by atoms with E-state index >= 15 is 0 Å². The van der Waals surface area contributed by atoms with Gasteiger partial charge in [0.05, 0.1) is 0 Å². The fourth-order valence-electron chi connectivity index (χ4n) is 4.07. The average Bonchev–Trinajstić information content (AvgIpc) is 2.35. The Balaban J connectivity index is 2.05. The van der Waals surface area contributed by atoms with Crippen LogP contribution < -0.4 is 5.32 Å². The quantitative estimate of drug-likeness (QED) is 0.753. The molecule has 18 heavy (non-hydrogen) atoms. The van der Waals surface area contributed by atoms with Crippen LogP contribution in [0.3, 0.4) is 0 Å². The molecule has 0 saturated carbocycles. The van der Waals surface area contributed by atoms with Crippen LogP contribution in [0.1, 0.15) is 58.8 Å². The first-order valence-electron chi connectivity index (χ1n) is 7.74. The molecule has 2 aliphatic rings. The van der Waals surface area contributed by atoms with Gasteiger partial charge in [-0.25, -0.2) is 0 Å². The van der Waals surface area contributed by atoms with Crippen molar-refractivity contribution in [2.45, 2.75) is 83.0 Å².